The molecule has 0 unspecified atom stereocenters. The lowest BCUT2D eigenvalue weighted by Gasteiger charge is -2.32. The summed E-state index contributed by atoms with van der Waals surface area (Å²) in [6.07, 6.45) is 4.34. The van der Waals surface area contributed by atoms with Crippen LogP contribution in [0.2, 0.25) is 0 Å². The number of thioether (sulfide) groups is 2. The first-order chi connectivity index (χ1) is 17.4. The van der Waals surface area contributed by atoms with Crippen molar-refractivity contribution in [2.45, 2.75) is 76.6 Å². The second-order valence-corrected chi connectivity index (χ2v) is 13.0. The number of carbonyl (C=O) groups excluding carboxylic acids is 4. The molecule has 1 aromatic rings. The highest BCUT2D eigenvalue weighted by atomic mass is 32.2. The summed E-state index contributed by atoms with van der Waals surface area (Å²) in [4.78, 5) is 51.1. The Morgan fingerprint density at radius 1 is 1.03 bits per heavy atom. The fraction of sp³-hybridized carbons (Fsp3) is 0.556. The Bertz CT molecular complexity index is 970. The van der Waals surface area contributed by atoms with Crippen molar-refractivity contribution < 1.29 is 19.2 Å². The zero-order valence-corrected chi connectivity index (χ0v) is 24.0. The number of hydrogen-bond acceptors (Lipinski definition) is 6. The van der Waals surface area contributed by atoms with E-state index in [0.29, 0.717) is 6.42 Å². The van der Waals surface area contributed by atoms with Crippen LogP contribution in [0.1, 0.15) is 51.7 Å². The van der Waals surface area contributed by atoms with Crippen molar-refractivity contribution in [2.24, 2.45) is 11.1 Å². The average molecular weight is 549 g/mol. The molecular formula is C27H40N4O4S2. The molecule has 0 aromatic heterocycles. The van der Waals surface area contributed by atoms with E-state index in [-0.39, 0.29) is 29.2 Å². The topological polar surface area (TPSA) is 130 Å². The maximum Gasteiger partial charge on any atom is 0.243 e. The van der Waals surface area contributed by atoms with Crippen molar-refractivity contribution in [2.75, 3.05) is 11.5 Å². The monoisotopic (exact) mass is 548 g/mol. The summed E-state index contributed by atoms with van der Waals surface area (Å²) in [5, 5.41) is 8.75. The van der Waals surface area contributed by atoms with Gasteiger partial charge >= 0.3 is 0 Å². The van der Waals surface area contributed by atoms with Gasteiger partial charge in [0.2, 0.25) is 23.6 Å². The molecule has 1 aliphatic heterocycles. The van der Waals surface area contributed by atoms with Gasteiger partial charge in [0.25, 0.3) is 0 Å². The van der Waals surface area contributed by atoms with Crippen molar-refractivity contribution in [3.8, 4) is 0 Å². The Labute approximate surface area is 228 Å². The van der Waals surface area contributed by atoms with Gasteiger partial charge in [-0.05, 0) is 31.2 Å². The van der Waals surface area contributed by atoms with Crippen LogP contribution in [0.5, 0.6) is 0 Å². The molecule has 1 heterocycles. The number of allylic oxidation sites excluding steroid dienone is 1. The molecule has 0 spiro atoms. The standard InChI is InChI=1S/C27H40N4O4S2/c1-6-7-19(12-13-21(28)32)29-23(33)20(16-18-10-8-17(2)9-11-18)30-24(34)22(27(3,4)5)31-25(35)26-36-14-15-37-26/h6-11,19-20,22,26H,12-16H2,1-5H3,(H2,28,32)(H,29,33)(H,30,34)(H,31,35)/b7-6+/t19-,20+,22-/m1/s1. The fourth-order valence-corrected chi connectivity index (χ4v) is 6.45. The molecule has 2 rings (SSSR count). The van der Waals surface area contributed by atoms with Crippen LogP contribution in [0.15, 0.2) is 36.4 Å². The van der Waals surface area contributed by atoms with E-state index in [1.165, 1.54) is 0 Å². The van der Waals surface area contributed by atoms with Gasteiger partial charge in [-0.1, -0.05) is 62.8 Å². The zero-order valence-electron chi connectivity index (χ0n) is 22.3. The number of benzene rings is 1. The lowest BCUT2D eigenvalue weighted by Crippen LogP contribution is -2.59. The first-order valence-corrected chi connectivity index (χ1v) is 14.6. The molecule has 0 radical (unpaired) electrons. The van der Waals surface area contributed by atoms with Gasteiger partial charge in [0.1, 0.15) is 16.7 Å². The van der Waals surface area contributed by atoms with Gasteiger partial charge < -0.3 is 21.7 Å². The Kier molecular flexibility index (Phi) is 12.0. The fourth-order valence-electron chi connectivity index (χ4n) is 3.85. The van der Waals surface area contributed by atoms with Crippen LogP contribution in [0.3, 0.4) is 0 Å². The van der Waals surface area contributed by atoms with Crippen molar-refractivity contribution in [3.05, 3.63) is 47.5 Å². The molecule has 1 saturated heterocycles. The lowest BCUT2D eigenvalue weighted by atomic mass is 9.85. The number of carbonyl (C=O) groups is 4. The van der Waals surface area contributed by atoms with Crippen LogP contribution in [-0.4, -0.2) is 57.8 Å². The van der Waals surface area contributed by atoms with E-state index in [2.05, 4.69) is 16.0 Å². The van der Waals surface area contributed by atoms with Crippen molar-refractivity contribution >= 4 is 47.2 Å². The predicted molar refractivity (Wildman–Crippen MR) is 152 cm³/mol. The van der Waals surface area contributed by atoms with E-state index < -0.39 is 35.4 Å². The molecular weight excluding hydrogens is 508 g/mol. The van der Waals surface area contributed by atoms with E-state index in [1.807, 2.05) is 58.9 Å². The second kappa shape index (κ2) is 14.5. The number of primary amides is 1. The van der Waals surface area contributed by atoms with Gasteiger partial charge in [0, 0.05) is 30.4 Å². The first-order valence-electron chi connectivity index (χ1n) is 12.5. The SMILES string of the molecule is C/C=C/[C@H](CCC(N)=O)NC(=O)[C@H](Cc1ccc(C)cc1)NC(=O)[C@@H](NC(=O)C1SCCS1)C(C)(C)C. The van der Waals surface area contributed by atoms with Gasteiger partial charge in [-0.25, -0.2) is 0 Å². The Hall–Kier alpha value is -2.46. The van der Waals surface area contributed by atoms with Gasteiger partial charge in [0.15, 0.2) is 0 Å². The molecule has 0 saturated carbocycles. The summed E-state index contributed by atoms with van der Waals surface area (Å²) in [5.74, 6) is 0.384. The highest BCUT2D eigenvalue weighted by Crippen LogP contribution is 2.32. The Morgan fingerprint density at radius 3 is 2.19 bits per heavy atom. The molecule has 0 aliphatic carbocycles. The van der Waals surface area contributed by atoms with Crippen LogP contribution in [0.4, 0.5) is 0 Å². The molecule has 8 nitrogen and oxygen atoms in total. The predicted octanol–water partition coefficient (Wildman–Crippen LogP) is 2.69. The molecule has 3 atom stereocenters. The number of rotatable bonds is 12. The lowest BCUT2D eigenvalue weighted by molar-refractivity contribution is -0.134. The molecule has 37 heavy (non-hydrogen) atoms. The van der Waals surface area contributed by atoms with Crippen molar-refractivity contribution in [3.63, 3.8) is 0 Å². The minimum absolute atomic E-state index is 0.125. The molecule has 4 amide bonds. The number of nitrogens with two attached hydrogens (primary N) is 1. The molecule has 204 valence electrons. The minimum atomic E-state index is -0.881. The van der Waals surface area contributed by atoms with E-state index in [4.69, 9.17) is 5.73 Å². The quantitative estimate of drug-likeness (QED) is 0.297. The van der Waals surface area contributed by atoms with Gasteiger partial charge in [-0.3, -0.25) is 19.2 Å². The zero-order chi connectivity index (χ0) is 27.6. The van der Waals surface area contributed by atoms with Crippen molar-refractivity contribution in [1.82, 2.24) is 16.0 Å². The maximum atomic E-state index is 13.5. The first kappa shape index (κ1) is 30.8. The Morgan fingerprint density at radius 2 is 1.65 bits per heavy atom. The summed E-state index contributed by atoms with van der Waals surface area (Å²) >= 11 is 3.14. The molecule has 10 heteroatoms. The molecule has 5 N–H and O–H groups in total. The third kappa shape index (κ3) is 10.4. The van der Waals surface area contributed by atoms with E-state index in [9.17, 15) is 19.2 Å². The highest BCUT2D eigenvalue weighted by Gasteiger charge is 2.37. The normalized spacial score (nSPS) is 16.7. The van der Waals surface area contributed by atoms with Crippen LogP contribution in [-0.2, 0) is 25.6 Å². The molecule has 1 aliphatic rings. The molecule has 1 fully saturated rings. The summed E-state index contributed by atoms with van der Waals surface area (Å²) < 4.78 is -0.240. The second-order valence-electron chi connectivity index (χ2n) is 10.3. The van der Waals surface area contributed by atoms with Crippen LogP contribution >= 0.6 is 23.5 Å². The van der Waals surface area contributed by atoms with Crippen molar-refractivity contribution in [1.29, 1.82) is 0 Å². The largest absolute Gasteiger partial charge is 0.370 e. The van der Waals surface area contributed by atoms with E-state index >= 15 is 0 Å². The smallest absolute Gasteiger partial charge is 0.243 e. The summed E-state index contributed by atoms with van der Waals surface area (Å²) in [6.45, 7) is 9.45. The van der Waals surface area contributed by atoms with E-state index in [0.717, 1.165) is 22.6 Å². The summed E-state index contributed by atoms with van der Waals surface area (Å²) in [7, 11) is 0. The number of hydrogen-bond donors (Lipinski definition) is 4. The summed E-state index contributed by atoms with van der Waals surface area (Å²) in [6, 6.07) is 5.65. The number of aryl methyl sites for hydroxylation is 1. The van der Waals surface area contributed by atoms with Gasteiger partial charge in [-0.2, -0.15) is 0 Å². The minimum Gasteiger partial charge on any atom is -0.370 e. The summed E-state index contributed by atoms with van der Waals surface area (Å²) in [5.41, 5.74) is 6.70. The average Bonchev–Trinajstić information content (AvgIpc) is 3.36. The maximum absolute atomic E-state index is 13.5. The van der Waals surface area contributed by atoms with Gasteiger partial charge in [-0.15, -0.1) is 23.5 Å². The van der Waals surface area contributed by atoms with Crippen LogP contribution in [0, 0.1) is 12.3 Å². The highest BCUT2D eigenvalue weighted by molar-refractivity contribution is 8.21. The number of amides is 4. The Balaban J connectivity index is 2.24. The molecule has 0 bridgehead atoms. The third-order valence-electron chi connectivity index (χ3n) is 5.90. The molecule has 1 aromatic carbocycles. The van der Waals surface area contributed by atoms with E-state index in [1.54, 1.807) is 35.7 Å². The van der Waals surface area contributed by atoms with Crippen LogP contribution < -0.4 is 21.7 Å². The third-order valence-corrected chi connectivity index (χ3v) is 8.89. The van der Waals surface area contributed by atoms with Gasteiger partial charge in [0.05, 0.1) is 0 Å². The number of nitrogens with one attached hydrogen (secondary N) is 3. The van der Waals surface area contributed by atoms with Crippen LogP contribution in [0.25, 0.3) is 0 Å².